The lowest BCUT2D eigenvalue weighted by Gasteiger charge is -2.37. The Bertz CT molecular complexity index is 344. The van der Waals surface area contributed by atoms with Gasteiger partial charge in [0.15, 0.2) is 0 Å². The lowest BCUT2D eigenvalue weighted by molar-refractivity contribution is -0.00375. The van der Waals surface area contributed by atoms with E-state index in [1.165, 1.54) is 25.7 Å². The first kappa shape index (κ1) is 26.4. The van der Waals surface area contributed by atoms with Crippen molar-refractivity contribution >= 4 is 24.8 Å². The Morgan fingerprint density at radius 3 is 1.07 bits per heavy atom. The highest BCUT2D eigenvalue weighted by molar-refractivity contribution is 5.85. The van der Waals surface area contributed by atoms with Gasteiger partial charge in [-0.05, 0) is 51.4 Å². The van der Waals surface area contributed by atoms with Crippen molar-refractivity contribution in [2.45, 2.75) is 75.7 Å². The Labute approximate surface area is 182 Å². The molecule has 4 fully saturated rings. The number of halogens is 2. The highest BCUT2D eigenvalue weighted by atomic mass is 35.5. The highest BCUT2D eigenvalue weighted by Crippen LogP contribution is 2.24. The molecule has 0 spiro atoms. The summed E-state index contributed by atoms with van der Waals surface area (Å²) < 4.78 is 10.6. The summed E-state index contributed by atoms with van der Waals surface area (Å²) >= 11 is 0. The molecule has 2 heterocycles. The van der Waals surface area contributed by atoms with Gasteiger partial charge in [0.25, 0.3) is 0 Å². The van der Waals surface area contributed by atoms with E-state index >= 15 is 0 Å². The molecule has 0 unspecified atom stereocenters. The summed E-state index contributed by atoms with van der Waals surface area (Å²) in [5, 5.41) is 18.8. The van der Waals surface area contributed by atoms with E-state index in [-0.39, 0.29) is 37.0 Å². The average molecular weight is 443 g/mol. The van der Waals surface area contributed by atoms with Crippen LogP contribution in [0.25, 0.3) is 0 Å². The van der Waals surface area contributed by atoms with Crippen molar-refractivity contribution < 1.29 is 19.7 Å². The van der Waals surface area contributed by atoms with Gasteiger partial charge in [-0.2, -0.15) is 0 Å². The Hall–Kier alpha value is 0.340. The molecular weight excluding hydrogens is 403 g/mol. The normalized spacial score (nSPS) is 34.9. The van der Waals surface area contributed by atoms with Gasteiger partial charge in [0.2, 0.25) is 0 Å². The van der Waals surface area contributed by atoms with Crippen molar-refractivity contribution in [2.75, 3.05) is 52.6 Å². The van der Waals surface area contributed by atoms with E-state index in [2.05, 4.69) is 9.80 Å². The molecule has 0 aromatic carbocycles. The maximum atomic E-state index is 9.38. The van der Waals surface area contributed by atoms with Crippen LogP contribution in [0.1, 0.15) is 51.4 Å². The van der Waals surface area contributed by atoms with Gasteiger partial charge < -0.3 is 19.7 Å². The Morgan fingerprint density at radius 1 is 0.500 bits per heavy atom. The summed E-state index contributed by atoms with van der Waals surface area (Å²) in [6.45, 7) is 7.89. The summed E-state index contributed by atoms with van der Waals surface area (Å²) in [6.07, 6.45) is 8.56. The maximum absolute atomic E-state index is 9.38. The minimum absolute atomic E-state index is 0. The fraction of sp³-hybridized carbons (Fsp3) is 1.00. The lowest BCUT2D eigenvalue weighted by atomic mass is 9.92. The van der Waals surface area contributed by atoms with Gasteiger partial charge in [-0.3, -0.25) is 9.80 Å². The lowest BCUT2D eigenvalue weighted by Crippen LogP contribution is -2.45. The largest absolute Gasteiger partial charge is 0.393 e. The van der Waals surface area contributed by atoms with E-state index in [1.807, 2.05) is 0 Å². The third-order valence-electron chi connectivity index (χ3n) is 6.46. The zero-order valence-electron chi connectivity index (χ0n) is 17.0. The Balaban J connectivity index is 0.000000261. The topological polar surface area (TPSA) is 65.4 Å². The molecule has 6 nitrogen and oxygen atoms in total. The average Bonchev–Trinajstić information content (AvgIpc) is 2.71. The number of rotatable bonds is 2. The van der Waals surface area contributed by atoms with Gasteiger partial charge >= 0.3 is 0 Å². The van der Waals surface area contributed by atoms with Crippen LogP contribution in [-0.2, 0) is 9.47 Å². The van der Waals surface area contributed by atoms with Crippen molar-refractivity contribution in [3.05, 3.63) is 0 Å². The van der Waals surface area contributed by atoms with Crippen molar-refractivity contribution in [1.82, 2.24) is 9.80 Å². The van der Waals surface area contributed by atoms with Crippen molar-refractivity contribution in [1.29, 1.82) is 0 Å². The van der Waals surface area contributed by atoms with E-state index < -0.39 is 0 Å². The number of morpholine rings is 2. The molecule has 0 amide bonds. The molecule has 28 heavy (non-hydrogen) atoms. The van der Waals surface area contributed by atoms with Crippen LogP contribution < -0.4 is 0 Å². The van der Waals surface area contributed by atoms with Gasteiger partial charge in [0, 0.05) is 38.3 Å². The molecule has 2 aliphatic carbocycles. The van der Waals surface area contributed by atoms with Gasteiger partial charge in [0.1, 0.15) is 0 Å². The smallest absolute Gasteiger partial charge is 0.0594 e. The third-order valence-corrected chi connectivity index (χ3v) is 6.46. The summed E-state index contributed by atoms with van der Waals surface area (Å²) in [7, 11) is 0. The third kappa shape index (κ3) is 8.60. The molecule has 0 radical (unpaired) electrons. The molecule has 4 rings (SSSR count). The molecule has 2 aliphatic heterocycles. The van der Waals surface area contributed by atoms with Crippen LogP contribution in [0.4, 0.5) is 0 Å². The van der Waals surface area contributed by atoms with E-state index in [0.29, 0.717) is 12.1 Å². The number of aliphatic hydroxyl groups is 2. The summed E-state index contributed by atoms with van der Waals surface area (Å²) in [5.41, 5.74) is 0. The van der Waals surface area contributed by atoms with E-state index in [9.17, 15) is 10.2 Å². The molecule has 8 heteroatoms. The first-order valence-corrected chi connectivity index (χ1v) is 10.7. The number of hydrogen-bond donors (Lipinski definition) is 2. The molecule has 0 atom stereocenters. The molecule has 2 N–H and O–H groups in total. The highest BCUT2D eigenvalue weighted by Gasteiger charge is 2.26. The van der Waals surface area contributed by atoms with Gasteiger partial charge in [0.05, 0.1) is 38.6 Å². The minimum atomic E-state index is -0.0303. The number of nitrogens with zero attached hydrogens (tertiary/aromatic N) is 2. The molecule has 0 bridgehead atoms. The predicted octanol–water partition coefficient (Wildman–Crippen LogP) is 2.09. The van der Waals surface area contributed by atoms with Crippen molar-refractivity contribution in [2.24, 2.45) is 0 Å². The monoisotopic (exact) mass is 442 g/mol. The van der Waals surface area contributed by atoms with Crippen LogP contribution in [0.3, 0.4) is 0 Å². The number of aliphatic hydroxyl groups excluding tert-OH is 2. The summed E-state index contributed by atoms with van der Waals surface area (Å²) in [5.74, 6) is 0. The fourth-order valence-electron chi connectivity index (χ4n) is 4.73. The molecule has 2 saturated heterocycles. The molecule has 0 aromatic heterocycles. The first-order chi connectivity index (χ1) is 12.7. The van der Waals surface area contributed by atoms with Gasteiger partial charge in [-0.1, -0.05) is 0 Å². The van der Waals surface area contributed by atoms with Crippen LogP contribution in [-0.4, -0.2) is 96.9 Å². The second-order valence-electron chi connectivity index (χ2n) is 8.22. The van der Waals surface area contributed by atoms with E-state index in [4.69, 9.17) is 9.47 Å². The molecule has 0 aromatic rings. The van der Waals surface area contributed by atoms with Gasteiger partial charge in [-0.15, -0.1) is 24.8 Å². The second-order valence-corrected chi connectivity index (χ2v) is 8.22. The molecule has 2 saturated carbocycles. The predicted molar refractivity (Wildman–Crippen MR) is 116 cm³/mol. The maximum Gasteiger partial charge on any atom is 0.0594 e. The number of ether oxygens (including phenoxy) is 2. The first-order valence-electron chi connectivity index (χ1n) is 10.7. The van der Waals surface area contributed by atoms with Crippen LogP contribution >= 0.6 is 24.8 Å². The minimum Gasteiger partial charge on any atom is -0.393 e. The Morgan fingerprint density at radius 2 is 0.786 bits per heavy atom. The molecular formula is C20H40Cl2N2O4. The van der Waals surface area contributed by atoms with Crippen LogP contribution in [0.2, 0.25) is 0 Å². The second kappa shape index (κ2) is 14.4. The van der Waals surface area contributed by atoms with Crippen molar-refractivity contribution in [3.8, 4) is 0 Å². The summed E-state index contributed by atoms with van der Waals surface area (Å²) in [6, 6.07) is 1.43. The van der Waals surface area contributed by atoms with Crippen molar-refractivity contribution in [3.63, 3.8) is 0 Å². The zero-order chi connectivity index (χ0) is 18.2. The van der Waals surface area contributed by atoms with E-state index in [0.717, 1.165) is 78.3 Å². The standard InChI is InChI=1S/2C10H19NO2.2ClH/c2*12-10-3-1-9(2-4-10)11-5-7-13-8-6-11;;/h2*9-10,12H,1-8H2;2*1H. The van der Waals surface area contributed by atoms with Crippen LogP contribution in [0.15, 0.2) is 0 Å². The van der Waals surface area contributed by atoms with Crippen LogP contribution in [0, 0.1) is 0 Å². The fourth-order valence-corrected chi connectivity index (χ4v) is 4.73. The Kier molecular flexibility index (Phi) is 13.5. The van der Waals surface area contributed by atoms with E-state index in [1.54, 1.807) is 0 Å². The van der Waals surface area contributed by atoms with Crippen LogP contribution in [0.5, 0.6) is 0 Å². The summed E-state index contributed by atoms with van der Waals surface area (Å²) in [4.78, 5) is 5.05. The molecule has 4 aliphatic rings. The SMILES string of the molecule is Cl.Cl.OC1CCC(N2CCOCC2)CC1.OC1CCC(N2CCOCC2)CC1. The van der Waals surface area contributed by atoms with Gasteiger partial charge in [-0.25, -0.2) is 0 Å². The zero-order valence-corrected chi connectivity index (χ0v) is 18.7. The molecule has 168 valence electrons. The quantitative estimate of drug-likeness (QED) is 0.682. The number of hydrogen-bond acceptors (Lipinski definition) is 6.